The average molecular weight is 547 g/mol. The third-order valence-corrected chi connectivity index (χ3v) is 8.59. The molecule has 2 aromatic rings. The number of hydrogen-bond donors (Lipinski definition) is 2. The number of carbonyl (C=O) groups is 4. The van der Waals surface area contributed by atoms with E-state index in [-0.39, 0.29) is 33.7 Å². The maximum absolute atomic E-state index is 13.3. The van der Waals surface area contributed by atoms with Crippen LogP contribution < -0.4 is 10.6 Å². The summed E-state index contributed by atoms with van der Waals surface area (Å²) in [7, 11) is 1.27. The van der Waals surface area contributed by atoms with Gasteiger partial charge in [-0.1, -0.05) is 62.2 Å². The van der Waals surface area contributed by atoms with E-state index in [1.807, 2.05) is 20.8 Å². The van der Waals surface area contributed by atoms with Crippen molar-refractivity contribution in [2.75, 3.05) is 12.4 Å². The van der Waals surface area contributed by atoms with E-state index in [9.17, 15) is 19.2 Å². The third kappa shape index (κ3) is 5.83. The molecule has 2 N–H and O–H groups in total. The van der Waals surface area contributed by atoms with Gasteiger partial charge in [-0.15, -0.1) is 0 Å². The van der Waals surface area contributed by atoms with Crippen LogP contribution in [0.25, 0.3) is 0 Å². The number of hydrogen-bond acceptors (Lipinski definition) is 5. The number of Topliss-reactive ketones (excluding diaryl/α,β-unsaturated/α-hetero) is 1. The molecule has 198 valence electrons. The molecule has 0 spiro atoms. The third-order valence-electron chi connectivity index (χ3n) is 7.96. The summed E-state index contributed by atoms with van der Waals surface area (Å²) in [6, 6.07) is 10.8. The van der Waals surface area contributed by atoms with Crippen LogP contribution in [0.5, 0.6) is 0 Å². The second-order valence-electron chi connectivity index (χ2n) is 10.2. The number of ketones is 1. The monoisotopic (exact) mass is 546 g/mol. The maximum atomic E-state index is 13.3. The van der Waals surface area contributed by atoms with E-state index >= 15 is 0 Å². The zero-order valence-corrected chi connectivity index (χ0v) is 23.1. The molecule has 0 aliphatic heterocycles. The molecule has 0 aromatic heterocycles. The lowest BCUT2D eigenvalue weighted by Gasteiger charge is -2.39. The van der Waals surface area contributed by atoms with E-state index in [4.69, 9.17) is 27.9 Å². The smallest absolute Gasteiger partial charge is 0.328 e. The number of ether oxygens (including phenoxy) is 1. The molecule has 1 fully saturated rings. The van der Waals surface area contributed by atoms with Crippen LogP contribution in [0.1, 0.15) is 56.5 Å². The summed E-state index contributed by atoms with van der Waals surface area (Å²) in [5.74, 6) is -1.64. The van der Waals surface area contributed by atoms with E-state index in [0.29, 0.717) is 18.5 Å². The van der Waals surface area contributed by atoms with Crippen LogP contribution in [0.15, 0.2) is 42.5 Å². The first-order valence-electron chi connectivity index (χ1n) is 12.1. The summed E-state index contributed by atoms with van der Waals surface area (Å²) in [6.07, 6.45) is 1.37. The molecule has 2 amide bonds. The van der Waals surface area contributed by atoms with Gasteiger partial charge in [-0.3, -0.25) is 14.4 Å². The molecular formula is C28H32Cl2N2O5. The van der Waals surface area contributed by atoms with Crippen molar-refractivity contribution >= 4 is 52.5 Å². The standard InChI is InChI=1S/C28H32Cl2N2O5/c1-16(33)28(4)14-13-19(27(28,2)3)24(34)32-22(26(36)37-5)15-17-9-11-18(12-10-17)31-25(35)23-20(29)7-6-8-21(23)30/h6-12,19,22H,13-15H2,1-5H3,(H,31,35)(H,32,34)/t19-,22-,28+/m1/s1. The molecule has 3 atom stereocenters. The van der Waals surface area contributed by atoms with E-state index in [0.717, 1.165) is 5.56 Å². The highest BCUT2D eigenvalue weighted by molar-refractivity contribution is 6.40. The van der Waals surface area contributed by atoms with Gasteiger partial charge in [0.2, 0.25) is 5.91 Å². The van der Waals surface area contributed by atoms with Crippen molar-refractivity contribution in [3.8, 4) is 0 Å². The fourth-order valence-corrected chi connectivity index (χ4v) is 5.63. The predicted molar refractivity (Wildman–Crippen MR) is 144 cm³/mol. The van der Waals surface area contributed by atoms with Crippen LogP contribution >= 0.6 is 23.2 Å². The second kappa shape index (κ2) is 11.2. The summed E-state index contributed by atoms with van der Waals surface area (Å²) >= 11 is 12.2. The number of anilines is 1. The molecule has 1 aliphatic rings. The molecule has 2 aromatic carbocycles. The normalized spacial score (nSPS) is 21.1. The highest BCUT2D eigenvalue weighted by Gasteiger charge is 2.56. The Balaban J connectivity index is 1.71. The Morgan fingerprint density at radius 2 is 1.62 bits per heavy atom. The van der Waals surface area contributed by atoms with Crippen molar-refractivity contribution in [1.82, 2.24) is 5.32 Å². The molecule has 0 radical (unpaired) electrons. The van der Waals surface area contributed by atoms with Crippen LogP contribution in [0.3, 0.4) is 0 Å². The maximum Gasteiger partial charge on any atom is 0.328 e. The lowest BCUT2D eigenvalue weighted by Crippen LogP contribution is -2.49. The number of methoxy groups -OCH3 is 1. The summed E-state index contributed by atoms with van der Waals surface area (Å²) in [4.78, 5) is 50.7. The molecular weight excluding hydrogens is 515 g/mol. The quantitative estimate of drug-likeness (QED) is 0.427. The molecule has 0 heterocycles. The minimum absolute atomic E-state index is 0.0568. The fourth-order valence-electron chi connectivity index (χ4n) is 5.07. The van der Waals surface area contributed by atoms with Crippen molar-refractivity contribution < 1.29 is 23.9 Å². The largest absolute Gasteiger partial charge is 0.467 e. The molecule has 7 nitrogen and oxygen atoms in total. The predicted octanol–water partition coefficient (Wildman–Crippen LogP) is 5.48. The molecule has 3 rings (SSSR count). The molecule has 0 bridgehead atoms. The summed E-state index contributed by atoms with van der Waals surface area (Å²) in [5.41, 5.74) is 0.278. The first kappa shape index (κ1) is 28.7. The van der Waals surface area contributed by atoms with Gasteiger partial charge in [-0.05, 0) is 55.0 Å². The number of rotatable bonds is 8. The summed E-state index contributed by atoms with van der Waals surface area (Å²) in [6.45, 7) is 7.33. The number of carbonyl (C=O) groups excluding carboxylic acids is 4. The second-order valence-corrected chi connectivity index (χ2v) is 11.1. The number of benzene rings is 2. The van der Waals surface area contributed by atoms with Gasteiger partial charge in [0.15, 0.2) is 0 Å². The number of amides is 2. The molecule has 9 heteroatoms. The van der Waals surface area contributed by atoms with Gasteiger partial charge in [-0.25, -0.2) is 4.79 Å². The molecule has 37 heavy (non-hydrogen) atoms. The van der Waals surface area contributed by atoms with Crippen molar-refractivity contribution in [3.05, 3.63) is 63.6 Å². The van der Waals surface area contributed by atoms with Crippen LogP contribution in [-0.2, 0) is 25.5 Å². The Morgan fingerprint density at radius 1 is 1.03 bits per heavy atom. The average Bonchev–Trinajstić information content (AvgIpc) is 3.08. The van der Waals surface area contributed by atoms with Gasteiger partial charge in [0.25, 0.3) is 5.91 Å². The molecule has 1 aliphatic carbocycles. The first-order chi connectivity index (χ1) is 17.3. The summed E-state index contributed by atoms with van der Waals surface area (Å²) < 4.78 is 4.94. The lowest BCUT2D eigenvalue weighted by atomic mass is 9.63. The molecule has 0 saturated heterocycles. The van der Waals surface area contributed by atoms with E-state index in [1.165, 1.54) is 7.11 Å². The van der Waals surface area contributed by atoms with Crippen molar-refractivity contribution in [2.45, 2.75) is 53.0 Å². The van der Waals surface area contributed by atoms with Gasteiger partial charge >= 0.3 is 5.97 Å². The zero-order chi connectivity index (χ0) is 27.5. The van der Waals surface area contributed by atoms with Crippen LogP contribution in [-0.4, -0.2) is 36.7 Å². The number of nitrogens with one attached hydrogen (secondary N) is 2. The van der Waals surface area contributed by atoms with Crippen molar-refractivity contribution in [2.24, 2.45) is 16.7 Å². The molecule has 1 saturated carbocycles. The Hall–Kier alpha value is -2.90. The Bertz CT molecular complexity index is 1190. The molecule has 0 unspecified atom stereocenters. The fraction of sp³-hybridized carbons (Fsp3) is 0.429. The van der Waals surface area contributed by atoms with Crippen molar-refractivity contribution in [3.63, 3.8) is 0 Å². The lowest BCUT2D eigenvalue weighted by molar-refractivity contribution is -0.146. The van der Waals surface area contributed by atoms with Gasteiger partial charge in [0.1, 0.15) is 11.8 Å². The van der Waals surface area contributed by atoms with Crippen LogP contribution in [0, 0.1) is 16.7 Å². The van der Waals surface area contributed by atoms with E-state index in [1.54, 1.807) is 49.4 Å². The van der Waals surface area contributed by atoms with Gasteiger partial charge in [0.05, 0.1) is 22.7 Å². The zero-order valence-electron chi connectivity index (χ0n) is 21.6. The van der Waals surface area contributed by atoms with E-state index in [2.05, 4.69) is 10.6 Å². The Labute approximate surface area is 227 Å². The Kier molecular flexibility index (Phi) is 8.70. The Morgan fingerprint density at radius 3 is 2.14 bits per heavy atom. The summed E-state index contributed by atoms with van der Waals surface area (Å²) in [5, 5.41) is 6.09. The SMILES string of the molecule is COC(=O)[C@@H](Cc1ccc(NC(=O)c2c(Cl)cccc2Cl)cc1)NC(=O)[C@H]1CC[C@@](C)(C(C)=O)C1(C)C. The highest BCUT2D eigenvalue weighted by Crippen LogP contribution is 2.56. The minimum atomic E-state index is -0.903. The topological polar surface area (TPSA) is 102 Å². The van der Waals surface area contributed by atoms with Gasteiger partial charge in [0, 0.05) is 23.4 Å². The van der Waals surface area contributed by atoms with E-state index < -0.39 is 34.7 Å². The first-order valence-corrected chi connectivity index (χ1v) is 12.8. The van der Waals surface area contributed by atoms with Gasteiger partial charge in [-0.2, -0.15) is 0 Å². The highest BCUT2D eigenvalue weighted by atomic mass is 35.5. The van der Waals surface area contributed by atoms with Gasteiger partial charge < -0.3 is 15.4 Å². The van der Waals surface area contributed by atoms with Crippen LogP contribution in [0.2, 0.25) is 10.0 Å². The number of esters is 1. The minimum Gasteiger partial charge on any atom is -0.467 e. The number of halogens is 2. The van der Waals surface area contributed by atoms with Crippen LogP contribution in [0.4, 0.5) is 5.69 Å². The van der Waals surface area contributed by atoms with Crippen molar-refractivity contribution in [1.29, 1.82) is 0 Å².